The number of carboxylic acids is 1. The molecule has 0 heterocycles. The first-order valence-electron chi connectivity index (χ1n) is 5.55. The fourth-order valence-corrected chi connectivity index (χ4v) is 2.10. The molecule has 0 bridgehead atoms. The average Bonchev–Trinajstić information content (AvgIpc) is 2.31. The van der Waals surface area contributed by atoms with Crippen molar-refractivity contribution in [2.45, 2.75) is 32.4 Å². The predicted molar refractivity (Wildman–Crippen MR) is 71.1 cm³/mol. The summed E-state index contributed by atoms with van der Waals surface area (Å²) in [7, 11) is 0. The van der Waals surface area contributed by atoms with Crippen molar-refractivity contribution in [3.8, 4) is 0 Å². The molecule has 1 aromatic rings. The van der Waals surface area contributed by atoms with Gasteiger partial charge in [0.2, 0.25) is 0 Å². The van der Waals surface area contributed by atoms with Crippen molar-refractivity contribution in [1.82, 2.24) is 0 Å². The Bertz CT molecular complexity index is 386. The second kappa shape index (κ2) is 8.64. The van der Waals surface area contributed by atoms with Gasteiger partial charge in [0, 0.05) is 11.7 Å². The van der Waals surface area contributed by atoms with Gasteiger partial charge in [0.15, 0.2) is 0 Å². The number of anilines is 1. The molecule has 0 radical (unpaired) electrons. The monoisotopic (exact) mass is 273 g/mol. The minimum atomic E-state index is -1.08. The molecule has 0 saturated carbocycles. The summed E-state index contributed by atoms with van der Waals surface area (Å²) in [6.07, 6.45) is 0.655. The van der Waals surface area contributed by atoms with Crippen LogP contribution in [-0.4, -0.2) is 23.4 Å². The average molecular weight is 273 g/mol. The molecule has 5 heteroatoms. The van der Waals surface area contributed by atoms with Gasteiger partial charge in [-0.3, -0.25) is 0 Å². The van der Waals surface area contributed by atoms with Gasteiger partial charge in [0.25, 0.3) is 0 Å². The number of rotatable bonds is 6. The van der Waals surface area contributed by atoms with Gasteiger partial charge in [-0.2, -0.15) is 0 Å². The van der Waals surface area contributed by atoms with Crippen LogP contribution >= 0.6 is 12.2 Å². The smallest absolute Gasteiger partial charge is 0.548 e. The van der Waals surface area contributed by atoms with Gasteiger partial charge >= 0.3 is 29.6 Å². The van der Waals surface area contributed by atoms with Crippen LogP contribution in [0.5, 0.6) is 0 Å². The van der Waals surface area contributed by atoms with Gasteiger partial charge in [0.1, 0.15) is 0 Å². The molecule has 0 aliphatic heterocycles. The molecule has 1 unspecified atom stereocenters. The number of benzene rings is 1. The Kier molecular flexibility index (Phi) is 8.44. The van der Waals surface area contributed by atoms with E-state index in [1.54, 1.807) is 12.3 Å². The van der Waals surface area contributed by atoms with Crippen LogP contribution in [0.2, 0.25) is 0 Å². The van der Waals surface area contributed by atoms with Crippen molar-refractivity contribution in [1.29, 1.82) is 0 Å². The number of aliphatic carboxylic acids is 1. The van der Waals surface area contributed by atoms with Gasteiger partial charge in [-0.1, -0.05) is 30.4 Å². The van der Waals surface area contributed by atoms with E-state index >= 15 is 0 Å². The van der Waals surface area contributed by atoms with Crippen LogP contribution in [0.25, 0.3) is 0 Å². The Balaban J connectivity index is 0.00000289. The number of para-hydroxylation sites is 1. The van der Waals surface area contributed by atoms with E-state index in [1.807, 2.05) is 42.2 Å². The summed E-state index contributed by atoms with van der Waals surface area (Å²) < 4.78 is 0. The molecule has 0 amide bonds. The minimum absolute atomic E-state index is 0. The number of nitrogens with zero attached hydrogens (tertiary/aromatic N) is 1. The Morgan fingerprint density at radius 2 is 1.94 bits per heavy atom. The molecular formula is C13H16NNaO2S. The minimum Gasteiger partial charge on any atom is -0.548 e. The van der Waals surface area contributed by atoms with Crippen molar-refractivity contribution in [3.05, 3.63) is 30.3 Å². The SMILES string of the molecule is CC(CC=S)N(c1ccccc1)[C@@H](C)C(=O)[O-].[Na+]. The first-order valence-corrected chi connectivity index (χ1v) is 6.03. The Hall–Kier alpha value is -0.420. The fraction of sp³-hybridized carbons (Fsp3) is 0.385. The maximum absolute atomic E-state index is 11.0. The molecule has 92 valence electrons. The summed E-state index contributed by atoms with van der Waals surface area (Å²) in [6, 6.07) is 8.79. The summed E-state index contributed by atoms with van der Waals surface area (Å²) in [5.41, 5.74) is 0.869. The van der Waals surface area contributed by atoms with Crippen molar-refractivity contribution in [2.75, 3.05) is 4.90 Å². The van der Waals surface area contributed by atoms with Crippen molar-refractivity contribution in [2.24, 2.45) is 0 Å². The number of hydrogen-bond donors (Lipinski definition) is 0. The summed E-state index contributed by atoms with van der Waals surface area (Å²) in [4.78, 5) is 12.9. The molecule has 0 N–H and O–H groups in total. The number of carboxylic acid groups (broad SMARTS) is 1. The molecular weight excluding hydrogens is 257 g/mol. The second-order valence-electron chi connectivity index (χ2n) is 3.99. The van der Waals surface area contributed by atoms with Crippen molar-refractivity contribution >= 4 is 29.2 Å². The third-order valence-corrected chi connectivity index (χ3v) is 2.92. The summed E-state index contributed by atoms with van der Waals surface area (Å²) in [5, 5.41) is 12.7. The van der Waals surface area contributed by atoms with Crippen molar-refractivity contribution < 1.29 is 39.5 Å². The maximum Gasteiger partial charge on any atom is 1.00 e. The first kappa shape index (κ1) is 17.6. The Morgan fingerprint density at radius 1 is 1.39 bits per heavy atom. The van der Waals surface area contributed by atoms with E-state index in [9.17, 15) is 9.90 Å². The summed E-state index contributed by atoms with van der Waals surface area (Å²) >= 11 is 4.83. The molecule has 1 aromatic carbocycles. The van der Waals surface area contributed by atoms with E-state index in [4.69, 9.17) is 12.2 Å². The van der Waals surface area contributed by atoms with Gasteiger partial charge < -0.3 is 14.8 Å². The quantitative estimate of drug-likeness (QED) is 0.463. The van der Waals surface area contributed by atoms with Crippen LogP contribution in [0.1, 0.15) is 20.3 Å². The normalized spacial score (nSPS) is 13.0. The van der Waals surface area contributed by atoms with Gasteiger partial charge in [-0.05, 0) is 37.8 Å². The number of hydrogen-bond acceptors (Lipinski definition) is 4. The van der Waals surface area contributed by atoms with Crippen LogP contribution in [0.3, 0.4) is 0 Å². The molecule has 0 fully saturated rings. The van der Waals surface area contributed by atoms with E-state index < -0.39 is 12.0 Å². The van der Waals surface area contributed by atoms with Crippen LogP contribution in [0.4, 0.5) is 5.69 Å². The molecule has 0 aliphatic carbocycles. The fourth-order valence-electron chi connectivity index (χ4n) is 1.83. The molecule has 0 saturated heterocycles. The molecule has 2 atom stereocenters. The summed E-state index contributed by atoms with van der Waals surface area (Å²) in [6.45, 7) is 3.58. The molecule has 0 aliphatic rings. The van der Waals surface area contributed by atoms with Gasteiger partial charge in [0.05, 0.1) is 12.0 Å². The maximum atomic E-state index is 11.0. The van der Waals surface area contributed by atoms with E-state index in [1.165, 1.54) is 0 Å². The third-order valence-electron chi connectivity index (χ3n) is 2.72. The second-order valence-corrected chi connectivity index (χ2v) is 4.32. The third kappa shape index (κ3) is 4.69. The molecule has 18 heavy (non-hydrogen) atoms. The Labute approximate surface area is 135 Å². The van der Waals surface area contributed by atoms with E-state index in [2.05, 4.69) is 0 Å². The summed E-state index contributed by atoms with van der Waals surface area (Å²) in [5.74, 6) is -1.08. The zero-order valence-corrected chi connectivity index (χ0v) is 13.8. The van der Waals surface area contributed by atoms with Crippen LogP contribution < -0.4 is 39.6 Å². The van der Waals surface area contributed by atoms with E-state index in [0.29, 0.717) is 6.42 Å². The number of carbonyl (C=O) groups is 1. The van der Waals surface area contributed by atoms with Crippen LogP contribution in [0, 0.1) is 0 Å². The first-order chi connectivity index (χ1) is 8.07. The van der Waals surface area contributed by atoms with Gasteiger partial charge in [-0.25, -0.2) is 0 Å². The van der Waals surface area contributed by atoms with Gasteiger partial charge in [-0.15, -0.1) is 0 Å². The zero-order chi connectivity index (χ0) is 12.8. The van der Waals surface area contributed by atoms with Crippen LogP contribution in [-0.2, 0) is 4.79 Å². The van der Waals surface area contributed by atoms with E-state index in [0.717, 1.165) is 5.69 Å². The zero-order valence-electron chi connectivity index (χ0n) is 11.0. The molecule has 0 aromatic heterocycles. The largest absolute Gasteiger partial charge is 1.00 e. The molecule has 1 rings (SSSR count). The topological polar surface area (TPSA) is 43.4 Å². The standard InChI is InChI=1S/C13H17NO2S.Na/c1-10(8-9-17)14(11(2)13(15)16)12-6-4-3-5-7-12;/h3-7,9-11H,8H2,1-2H3,(H,15,16);/q;+1/p-1/t10?,11-;/m0./s1. The van der Waals surface area contributed by atoms with Crippen molar-refractivity contribution in [3.63, 3.8) is 0 Å². The predicted octanol–water partition coefficient (Wildman–Crippen LogP) is -1.59. The molecule has 3 nitrogen and oxygen atoms in total. The van der Waals surface area contributed by atoms with E-state index in [-0.39, 0.29) is 35.6 Å². The Morgan fingerprint density at radius 3 is 2.39 bits per heavy atom. The number of thiocarbonyl (C=S) groups is 1. The van der Waals surface area contributed by atoms with Crippen LogP contribution in [0.15, 0.2) is 30.3 Å². The molecule has 0 spiro atoms. The number of carbonyl (C=O) groups excluding carboxylic acids is 1.